The van der Waals surface area contributed by atoms with Crippen molar-refractivity contribution in [3.63, 3.8) is 0 Å². The van der Waals surface area contributed by atoms with Gasteiger partial charge in [-0.3, -0.25) is 0 Å². The molecule has 3 heteroatoms. The minimum absolute atomic E-state index is 0.686. The summed E-state index contributed by atoms with van der Waals surface area (Å²) in [6.07, 6.45) is 5.72. The van der Waals surface area contributed by atoms with Crippen molar-refractivity contribution in [3.8, 4) is 0 Å². The second-order valence-corrected chi connectivity index (χ2v) is 7.59. The molecule has 2 heterocycles. The van der Waals surface area contributed by atoms with Gasteiger partial charge in [-0.1, -0.05) is 55.1 Å². The van der Waals surface area contributed by atoms with Gasteiger partial charge in [0.25, 0.3) is 0 Å². The lowest BCUT2D eigenvalue weighted by Crippen LogP contribution is -2.26. The Hall–Kier alpha value is -1.71. The van der Waals surface area contributed by atoms with E-state index in [1.807, 2.05) is 11.8 Å². The molecule has 1 aliphatic rings. The van der Waals surface area contributed by atoms with Gasteiger partial charge in [-0.25, -0.2) is 0 Å². The number of nitrogens with one attached hydrogen (secondary N) is 2. The molecule has 124 valence electrons. The molecule has 3 aromatic rings. The van der Waals surface area contributed by atoms with Crippen molar-refractivity contribution in [1.29, 1.82) is 0 Å². The molecule has 0 atom stereocenters. The fourth-order valence-corrected chi connectivity index (χ4v) is 4.87. The van der Waals surface area contributed by atoms with Crippen LogP contribution in [0.25, 0.3) is 10.9 Å². The van der Waals surface area contributed by atoms with Crippen LogP contribution in [-0.2, 0) is 6.42 Å². The first-order valence-corrected chi connectivity index (χ1v) is 9.75. The molecule has 24 heavy (non-hydrogen) atoms. The standard InChI is InChI=1S/C21H24N2S/c1-2-15-6-5-8-18-20(14-23-21(15)18)24-19-9-4-3-7-17(19)16-10-12-22-13-11-16/h3-9,14,16,22-23H,2,10-13H2,1H3. The molecule has 2 aromatic carbocycles. The molecule has 0 spiro atoms. The number of aryl methyl sites for hydroxylation is 1. The predicted molar refractivity (Wildman–Crippen MR) is 103 cm³/mol. The second kappa shape index (κ2) is 7.04. The number of hydrogen-bond donors (Lipinski definition) is 2. The second-order valence-electron chi connectivity index (χ2n) is 6.51. The molecule has 2 N–H and O–H groups in total. The molecule has 0 aliphatic carbocycles. The zero-order valence-corrected chi connectivity index (χ0v) is 15.0. The summed E-state index contributed by atoms with van der Waals surface area (Å²) in [5.74, 6) is 0.686. The predicted octanol–water partition coefficient (Wildman–Crippen LogP) is 5.35. The van der Waals surface area contributed by atoms with E-state index < -0.39 is 0 Å². The summed E-state index contributed by atoms with van der Waals surface area (Å²) in [5, 5.41) is 4.82. The third-order valence-electron chi connectivity index (χ3n) is 5.06. The molecule has 1 aliphatic heterocycles. The molecule has 1 fully saturated rings. The van der Waals surface area contributed by atoms with Crippen LogP contribution in [-0.4, -0.2) is 18.1 Å². The number of aromatic amines is 1. The van der Waals surface area contributed by atoms with Gasteiger partial charge in [0.15, 0.2) is 0 Å². The number of piperidine rings is 1. The van der Waals surface area contributed by atoms with Crippen LogP contribution in [0.2, 0.25) is 0 Å². The average Bonchev–Trinajstić information content (AvgIpc) is 3.06. The lowest BCUT2D eigenvalue weighted by atomic mass is 9.90. The van der Waals surface area contributed by atoms with Crippen LogP contribution in [0, 0.1) is 0 Å². The van der Waals surface area contributed by atoms with Crippen LogP contribution in [0.15, 0.2) is 58.5 Å². The number of rotatable bonds is 4. The number of H-pyrrole nitrogens is 1. The lowest BCUT2D eigenvalue weighted by molar-refractivity contribution is 0.456. The highest BCUT2D eigenvalue weighted by Gasteiger charge is 2.19. The summed E-state index contributed by atoms with van der Waals surface area (Å²) < 4.78 is 0. The lowest BCUT2D eigenvalue weighted by Gasteiger charge is -2.24. The summed E-state index contributed by atoms with van der Waals surface area (Å²) in [6.45, 7) is 4.49. The molecular weight excluding hydrogens is 312 g/mol. The summed E-state index contributed by atoms with van der Waals surface area (Å²) in [7, 11) is 0. The molecule has 1 saturated heterocycles. The van der Waals surface area contributed by atoms with E-state index in [-0.39, 0.29) is 0 Å². The Morgan fingerprint density at radius 2 is 1.83 bits per heavy atom. The number of hydrogen-bond acceptors (Lipinski definition) is 2. The Labute approximate surface area is 148 Å². The van der Waals surface area contributed by atoms with Gasteiger partial charge in [-0.2, -0.15) is 0 Å². The number of benzene rings is 2. The summed E-state index contributed by atoms with van der Waals surface area (Å²) in [5.41, 5.74) is 4.21. The maximum Gasteiger partial charge on any atom is 0.0498 e. The van der Waals surface area contributed by atoms with Gasteiger partial charge >= 0.3 is 0 Å². The van der Waals surface area contributed by atoms with Gasteiger partial charge in [0.2, 0.25) is 0 Å². The quantitative estimate of drug-likeness (QED) is 0.672. The van der Waals surface area contributed by atoms with Gasteiger partial charge < -0.3 is 10.3 Å². The van der Waals surface area contributed by atoms with Crippen molar-refractivity contribution >= 4 is 22.7 Å². The van der Waals surface area contributed by atoms with E-state index >= 15 is 0 Å². The maximum atomic E-state index is 3.50. The largest absolute Gasteiger partial charge is 0.360 e. The summed E-state index contributed by atoms with van der Waals surface area (Å²) in [6, 6.07) is 15.6. The van der Waals surface area contributed by atoms with Crippen LogP contribution in [0.4, 0.5) is 0 Å². The van der Waals surface area contributed by atoms with E-state index in [0.29, 0.717) is 5.92 Å². The highest BCUT2D eigenvalue weighted by molar-refractivity contribution is 7.99. The zero-order valence-electron chi connectivity index (χ0n) is 14.1. The van der Waals surface area contributed by atoms with Gasteiger partial charge in [0, 0.05) is 26.9 Å². The van der Waals surface area contributed by atoms with Crippen LogP contribution in [0.1, 0.15) is 36.8 Å². The average molecular weight is 337 g/mol. The van der Waals surface area contributed by atoms with Crippen LogP contribution in [0.5, 0.6) is 0 Å². The molecule has 0 bridgehead atoms. The van der Waals surface area contributed by atoms with Gasteiger partial charge in [0.05, 0.1) is 0 Å². The van der Waals surface area contributed by atoms with E-state index in [1.165, 1.54) is 44.7 Å². The number of para-hydroxylation sites is 1. The van der Waals surface area contributed by atoms with Gasteiger partial charge in [-0.15, -0.1) is 0 Å². The molecule has 0 amide bonds. The van der Waals surface area contributed by atoms with Crippen molar-refractivity contribution < 1.29 is 0 Å². The Morgan fingerprint density at radius 1 is 1.00 bits per heavy atom. The van der Waals surface area contributed by atoms with Crippen molar-refractivity contribution in [1.82, 2.24) is 10.3 Å². The SMILES string of the molecule is CCc1cccc2c(Sc3ccccc3C3CCNCC3)c[nH]c12. The topological polar surface area (TPSA) is 27.8 Å². The fraction of sp³-hybridized carbons (Fsp3) is 0.333. The minimum atomic E-state index is 0.686. The first-order valence-electron chi connectivity index (χ1n) is 8.93. The van der Waals surface area contributed by atoms with E-state index in [0.717, 1.165) is 19.5 Å². The fourth-order valence-electron chi connectivity index (χ4n) is 3.73. The number of aromatic nitrogens is 1. The van der Waals surface area contributed by atoms with E-state index in [1.54, 1.807) is 0 Å². The van der Waals surface area contributed by atoms with Crippen LogP contribution in [0.3, 0.4) is 0 Å². The summed E-state index contributed by atoms with van der Waals surface area (Å²) in [4.78, 5) is 6.24. The first-order chi connectivity index (χ1) is 11.9. The highest BCUT2D eigenvalue weighted by Crippen LogP contribution is 2.40. The van der Waals surface area contributed by atoms with Crippen LogP contribution < -0.4 is 5.32 Å². The molecule has 2 nitrogen and oxygen atoms in total. The molecule has 0 saturated carbocycles. The van der Waals surface area contributed by atoms with Crippen molar-refractivity contribution in [2.75, 3.05) is 13.1 Å². The molecular formula is C21H24N2S. The minimum Gasteiger partial charge on any atom is -0.360 e. The third-order valence-corrected chi connectivity index (χ3v) is 6.21. The summed E-state index contributed by atoms with van der Waals surface area (Å²) >= 11 is 1.91. The Kier molecular flexibility index (Phi) is 4.63. The van der Waals surface area contributed by atoms with Gasteiger partial charge in [-0.05, 0) is 55.5 Å². The molecule has 0 unspecified atom stereocenters. The van der Waals surface area contributed by atoms with Crippen molar-refractivity contribution in [3.05, 3.63) is 59.8 Å². The molecule has 4 rings (SSSR count). The van der Waals surface area contributed by atoms with Crippen molar-refractivity contribution in [2.24, 2.45) is 0 Å². The van der Waals surface area contributed by atoms with Crippen molar-refractivity contribution in [2.45, 2.75) is 41.9 Å². The molecule has 0 radical (unpaired) electrons. The Balaban J connectivity index is 1.69. The highest BCUT2D eigenvalue weighted by atomic mass is 32.2. The molecule has 1 aromatic heterocycles. The van der Waals surface area contributed by atoms with E-state index in [4.69, 9.17) is 0 Å². The first kappa shape index (κ1) is 15.8. The zero-order chi connectivity index (χ0) is 16.4. The monoisotopic (exact) mass is 336 g/mol. The Morgan fingerprint density at radius 3 is 2.67 bits per heavy atom. The third kappa shape index (κ3) is 2.99. The normalized spacial score (nSPS) is 15.9. The Bertz CT molecular complexity index is 831. The smallest absolute Gasteiger partial charge is 0.0498 e. The van der Waals surface area contributed by atoms with Gasteiger partial charge in [0.1, 0.15) is 0 Å². The maximum absolute atomic E-state index is 3.50. The van der Waals surface area contributed by atoms with E-state index in [2.05, 4.69) is 65.9 Å². The van der Waals surface area contributed by atoms with E-state index in [9.17, 15) is 0 Å². The number of fused-ring (bicyclic) bond motifs is 1. The van der Waals surface area contributed by atoms with Crippen LogP contribution >= 0.6 is 11.8 Å².